The van der Waals surface area contributed by atoms with Crippen LogP contribution < -0.4 is 5.73 Å². The second kappa shape index (κ2) is 2.85. The van der Waals surface area contributed by atoms with Crippen LogP contribution >= 0.6 is 0 Å². The van der Waals surface area contributed by atoms with Gasteiger partial charge in [-0.25, -0.2) is 0 Å². The summed E-state index contributed by atoms with van der Waals surface area (Å²) in [4.78, 5) is 10.3. The molecule has 0 aliphatic carbocycles. The minimum absolute atomic E-state index is 0.204. The summed E-state index contributed by atoms with van der Waals surface area (Å²) in [6.07, 6.45) is 1.38. The summed E-state index contributed by atoms with van der Waals surface area (Å²) in [7, 11) is 0. The van der Waals surface area contributed by atoms with Gasteiger partial charge in [-0.2, -0.15) is 0 Å². The van der Waals surface area contributed by atoms with E-state index in [0.29, 0.717) is 6.42 Å². The Morgan fingerprint density at radius 2 is 1.89 bits per heavy atom. The number of rotatable bonds is 2. The molecule has 0 rings (SSSR count). The van der Waals surface area contributed by atoms with Crippen molar-refractivity contribution in [3.05, 3.63) is 0 Å². The maximum atomic E-state index is 10.3. The van der Waals surface area contributed by atoms with Crippen LogP contribution in [0, 0.1) is 5.41 Å². The smallest absolute Gasteiger partial charge is 0.217 e. The number of hydrogen-bond acceptors (Lipinski definition) is 1. The molecule has 0 spiro atoms. The van der Waals surface area contributed by atoms with Gasteiger partial charge >= 0.3 is 0 Å². The Bertz CT molecular complexity index is 102. The Hall–Kier alpha value is -0.530. The molecule has 0 aliphatic heterocycles. The Morgan fingerprint density at radius 1 is 1.44 bits per heavy atom. The second-order valence-electron chi connectivity index (χ2n) is 3.53. The third-order valence-corrected chi connectivity index (χ3v) is 1.12. The van der Waals surface area contributed by atoms with Gasteiger partial charge in [0.1, 0.15) is 0 Å². The van der Waals surface area contributed by atoms with E-state index in [2.05, 4.69) is 20.8 Å². The Kier molecular flexibility index (Phi) is 2.68. The van der Waals surface area contributed by atoms with Crippen molar-refractivity contribution < 1.29 is 4.79 Å². The fraction of sp³-hybridized carbons (Fsp3) is 0.857. The predicted octanol–water partition coefficient (Wildman–Crippen LogP) is 1.30. The summed E-state index contributed by atoms with van der Waals surface area (Å²) >= 11 is 0. The van der Waals surface area contributed by atoms with Crippen molar-refractivity contribution in [2.24, 2.45) is 11.1 Å². The molecule has 0 aromatic carbocycles. The summed E-state index contributed by atoms with van der Waals surface area (Å²) in [6.45, 7) is 6.28. The SMILES string of the molecule is CC(C)(C)CCC(N)=O. The zero-order chi connectivity index (χ0) is 7.49. The molecule has 2 heteroatoms. The van der Waals surface area contributed by atoms with E-state index >= 15 is 0 Å². The third-order valence-electron chi connectivity index (χ3n) is 1.12. The van der Waals surface area contributed by atoms with Crippen LogP contribution in [0.4, 0.5) is 0 Å². The molecule has 0 radical (unpaired) electrons. The lowest BCUT2D eigenvalue weighted by atomic mass is 9.90. The van der Waals surface area contributed by atoms with E-state index in [9.17, 15) is 4.79 Å². The number of nitrogens with two attached hydrogens (primary N) is 1. The molecule has 0 bridgehead atoms. The Labute approximate surface area is 56.4 Å². The fourth-order valence-corrected chi connectivity index (χ4v) is 0.498. The summed E-state index contributed by atoms with van der Waals surface area (Å²) in [5, 5.41) is 0. The molecule has 0 unspecified atom stereocenters. The highest BCUT2D eigenvalue weighted by molar-refractivity contribution is 5.73. The van der Waals surface area contributed by atoms with Crippen molar-refractivity contribution in [3.8, 4) is 0 Å². The molecule has 0 aliphatic rings. The summed E-state index contributed by atoms with van der Waals surface area (Å²) < 4.78 is 0. The molecular formula is C7H15NO. The van der Waals surface area contributed by atoms with E-state index in [-0.39, 0.29) is 11.3 Å². The second-order valence-corrected chi connectivity index (χ2v) is 3.53. The van der Waals surface area contributed by atoms with Crippen molar-refractivity contribution in [2.45, 2.75) is 33.6 Å². The molecule has 9 heavy (non-hydrogen) atoms. The van der Waals surface area contributed by atoms with Crippen LogP contribution in [0.3, 0.4) is 0 Å². The summed E-state index contributed by atoms with van der Waals surface area (Å²) in [6, 6.07) is 0. The molecule has 0 saturated heterocycles. The zero-order valence-corrected chi connectivity index (χ0v) is 6.40. The first-order valence-corrected chi connectivity index (χ1v) is 3.20. The number of amides is 1. The molecule has 0 saturated carbocycles. The van der Waals surface area contributed by atoms with Crippen LogP contribution in [0.25, 0.3) is 0 Å². The number of hydrogen-bond donors (Lipinski definition) is 1. The fourth-order valence-electron chi connectivity index (χ4n) is 0.498. The van der Waals surface area contributed by atoms with Gasteiger partial charge < -0.3 is 5.73 Å². The molecule has 1 amide bonds. The molecular weight excluding hydrogens is 114 g/mol. The molecule has 0 atom stereocenters. The highest BCUT2D eigenvalue weighted by atomic mass is 16.1. The van der Waals surface area contributed by atoms with Crippen LogP contribution in [0.15, 0.2) is 0 Å². The number of carbonyl (C=O) groups excluding carboxylic acids is 1. The minimum atomic E-state index is -0.204. The van der Waals surface area contributed by atoms with Crippen molar-refractivity contribution in [1.29, 1.82) is 0 Å². The van der Waals surface area contributed by atoms with Crippen molar-refractivity contribution >= 4 is 5.91 Å². The lowest BCUT2D eigenvalue weighted by Crippen LogP contribution is -2.14. The average molecular weight is 129 g/mol. The first kappa shape index (κ1) is 8.47. The maximum absolute atomic E-state index is 10.3. The molecule has 0 heterocycles. The highest BCUT2D eigenvalue weighted by Crippen LogP contribution is 2.19. The Balaban J connectivity index is 3.39. The van der Waals surface area contributed by atoms with E-state index < -0.39 is 0 Å². The third kappa shape index (κ3) is 7.47. The van der Waals surface area contributed by atoms with Gasteiger partial charge in [-0.1, -0.05) is 20.8 Å². The maximum Gasteiger partial charge on any atom is 0.217 e. The van der Waals surface area contributed by atoms with Gasteiger partial charge in [-0.3, -0.25) is 4.79 Å². The van der Waals surface area contributed by atoms with E-state index in [4.69, 9.17) is 5.73 Å². The lowest BCUT2D eigenvalue weighted by molar-refractivity contribution is -0.118. The van der Waals surface area contributed by atoms with Crippen LogP contribution in [0.2, 0.25) is 0 Å². The van der Waals surface area contributed by atoms with Crippen molar-refractivity contribution in [3.63, 3.8) is 0 Å². The monoisotopic (exact) mass is 129 g/mol. The van der Waals surface area contributed by atoms with Crippen LogP contribution in [-0.4, -0.2) is 5.91 Å². The molecule has 0 aromatic heterocycles. The van der Waals surface area contributed by atoms with E-state index in [1.165, 1.54) is 0 Å². The standard InChI is InChI=1S/C7H15NO/c1-7(2,3)5-4-6(8)9/h4-5H2,1-3H3,(H2,8,9). The van der Waals surface area contributed by atoms with Gasteiger partial charge in [0.15, 0.2) is 0 Å². The molecule has 54 valence electrons. The van der Waals surface area contributed by atoms with Crippen LogP contribution in [0.1, 0.15) is 33.6 Å². The molecule has 2 nitrogen and oxygen atoms in total. The van der Waals surface area contributed by atoms with Gasteiger partial charge in [0, 0.05) is 6.42 Å². The van der Waals surface area contributed by atoms with E-state index in [1.54, 1.807) is 0 Å². The highest BCUT2D eigenvalue weighted by Gasteiger charge is 2.10. The van der Waals surface area contributed by atoms with Gasteiger partial charge in [-0.15, -0.1) is 0 Å². The number of carbonyl (C=O) groups is 1. The van der Waals surface area contributed by atoms with E-state index in [0.717, 1.165) is 6.42 Å². The largest absolute Gasteiger partial charge is 0.370 e. The van der Waals surface area contributed by atoms with E-state index in [1.807, 2.05) is 0 Å². The van der Waals surface area contributed by atoms with Crippen LogP contribution in [-0.2, 0) is 4.79 Å². The minimum Gasteiger partial charge on any atom is -0.370 e. The number of primary amides is 1. The van der Waals surface area contributed by atoms with Gasteiger partial charge in [0.2, 0.25) is 5.91 Å². The first-order valence-electron chi connectivity index (χ1n) is 3.20. The van der Waals surface area contributed by atoms with Crippen molar-refractivity contribution in [2.75, 3.05) is 0 Å². The molecule has 0 fully saturated rings. The lowest BCUT2D eigenvalue weighted by Gasteiger charge is -2.15. The quantitative estimate of drug-likeness (QED) is 0.600. The first-order chi connectivity index (χ1) is 3.92. The predicted molar refractivity (Wildman–Crippen MR) is 37.9 cm³/mol. The van der Waals surface area contributed by atoms with Gasteiger partial charge in [0.05, 0.1) is 0 Å². The summed E-state index contributed by atoms with van der Waals surface area (Å²) in [5.74, 6) is -0.204. The molecule has 0 aromatic rings. The van der Waals surface area contributed by atoms with Crippen molar-refractivity contribution in [1.82, 2.24) is 0 Å². The van der Waals surface area contributed by atoms with Crippen LogP contribution in [0.5, 0.6) is 0 Å². The van der Waals surface area contributed by atoms with Gasteiger partial charge in [0.25, 0.3) is 0 Å². The molecule has 2 N–H and O–H groups in total. The zero-order valence-electron chi connectivity index (χ0n) is 6.40. The summed E-state index contributed by atoms with van der Waals surface area (Å²) in [5.41, 5.74) is 5.19. The Morgan fingerprint density at radius 3 is 2.00 bits per heavy atom. The normalized spacial score (nSPS) is 11.4. The van der Waals surface area contributed by atoms with Gasteiger partial charge in [-0.05, 0) is 11.8 Å². The average Bonchev–Trinajstić information content (AvgIpc) is 1.59. The topological polar surface area (TPSA) is 43.1 Å².